The van der Waals surface area contributed by atoms with Crippen LogP contribution in [0.15, 0.2) is 52.3 Å². The topological polar surface area (TPSA) is 104 Å². The van der Waals surface area contributed by atoms with Crippen LogP contribution in [0.2, 0.25) is 0 Å². The summed E-state index contributed by atoms with van der Waals surface area (Å²) in [6.45, 7) is 4.41. The van der Waals surface area contributed by atoms with E-state index in [4.69, 9.17) is 5.11 Å². The normalized spacial score (nSPS) is 11.4. The van der Waals surface area contributed by atoms with Crippen molar-refractivity contribution >= 4 is 37.9 Å². The van der Waals surface area contributed by atoms with Gasteiger partial charge in [-0.25, -0.2) is 18.4 Å². The Labute approximate surface area is 168 Å². The van der Waals surface area contributed by atoms with Crippen molar-refractivity contribution in [2.45, 2.75) is 30.1 Å². The van der Waals surface area contributed by atoms with Crippen LogP contribution < -0.4 is 10.6 Å². The van der Waals surface area contributed by atoms with Gasteiger partial charge in [0, 0.05) is 24.1 Å². The minimum absolute atomic E-state index is 0.0395. The number of nitrogens with one attached hydrogen (secondary N) is 2. The molecule has 28 heavy (non-hydrogen) atoms. The zero-order valence-corrected chi connectivity index (χ0v) is 17.3. The van der Waals surface area contributed by atoms with E-state index >= 15 is 0 Å². The lowest BCUT2D eigenvalue weighted by Gasteiger charge is -2.11. The van der Waals surface area contributed by atoms with Gasteiger partial charge < -0.3 is 15.7 Å². The number of nitrogens with zero attached hydrogens (tertiary/aromatic N) is 2. The van der Waals surface area contributed by atoms with Gasteiger partial charge in [-0.05, 0) is 38.5 Å². The average molecular weight is 419 g/mol. The maximum Gasteiger partial charge on any atom is 0.206 e. The Bertz CT molecular complexity index is 1030. The molecule has 0 unspecified atom stereocenters. The third-order valence-corrected chi connectivity index (χ3v) is 6.80. The van der Waals surface area contributed by atoms with E-state index in [0.29, 0.717) is 29.7 Å². The van der Waals surface area contributed by atoms with Crippen molar-refractivity contribution in [1.29, 1.82) is 0 Å². The van der Waals surface area contributed by atoms with Gasteiger partial charge in [-0.15, -0.1) is 11.3 Å². The SMILES string of the molecule is Cc1nc(Nc2cc(S(=O)(=O)c3ccccc3)cc(NCCCO)n2)sc1C. The molecule has 3 aromatic rings. The lowest BCUT2D eigenvalue weighted by Crippen LogP contribution is -2.09. The Morgan fingerprint density at radius 3 is 2.39 bits per heavy atom. The molecule has 0 saturated carbocycles. The molecule has 3 rings (SSSR count). The zero-order valence-electron chi connectivity index (χ0n) is 15.6. The Balaban J connectivity index is 1.99. The monoisotopic (exact) mass is 418 g/mol. The fourth-order valence-corrected chi connectivity index (χ4v) is 4.62. The van der Waals surface area contributed by atoms with Crippen LogP contribution in [0.5, 0.6) is 0 Å². The molecule has 9 heteroatoms. The summed E-state index contributed by atoms with van der Waals surface area (Å²) in [5.74, 6) is 0.801. The molecular weight excluding hydrogens is 396 g/mol. The minimum Gasteiger partial charge on any atom is -0.396 e. The van der Waals surface area contributed by atoms with Crippen molar-refractivity contribution in [3.63, 3.8) is 0 Å². The molecule has 0 bridgehead atoms. The second kappa shape index (κ2) is 8.68. The molecule has 0 saturated heterocycles. The van der Waals surface area contributed by atoms with Crippen LogP contribution >= 0.6 is 11.3 Å². The van der Waals surface area contributed by atoms with E-state index in [1.807, 2.05) is 13.8 Å². The number of sulfone groups is 1. The van der Waals surface area contributed by atoms with E-state index < -0.39 is 9.84 Å². The van der Waals surface area contributed by atoms with Gasteiger partial charge >= 0.3 is 0 Å². The minimum atomic E-state index is -3.70. The third-order valence-electron chi connectivity index (χ3n) is 4.07. The molecule has 3 N–H and O–H groups in total. The first-order valence-corrected chi connectivity index (χ1v) is 11.1. The Morgan fingerprint density at radius 2 is 1.75 bits per heavy atom. The fourth-order valence-electron chi connectivity index (χ4n) is 2.48. The maximum atomic E-state index is 13.0. The van der Waals surface area contributed by atoms with Crippen molar-refractivity contribution in [3.8, 4) is 0 Å². The number of aliphatic hydroxyl groups is 1. The summed E-state index contributed by atoms with van der Waals surface area (Å²) in [5.41, 5.74) is 0.918. The number of aryl methyl sites for hydroxylation is 2. The highest BCUT2D eigenvalue weighted by molar-refractivity contribution is 7.91. The molecule has 0 aliphatic rings. The number of aliphatic hydroxyl groups excluding tert-OH is 1. The Morgan fingerprint density at radius 1 is 1.04 bits per heavy atom. The molecule has 0 spiro atoms. The van der Waals surface area contributed by atoms with Gasteiger partial charge in [-0.2, -0.15) is 0 Å². The molecule has 0 radical (unpaired) electrons. The number of thiazole rings is 1. The zero-order chi connectivity index (χ0) is 20.1. The molecule has 148 valence electrons. The molecule has 0 atom stereocenters. The third kappa shape index (κ3) is 4.67. The Kier molecular flexibility index (Phi) is 6.28. The van der Waals surface area contributed by atoms with Crippen molar-refractivity contribution in [3.05, 3.63) is 53.0 Å². The molecule has 0 fully saturated rings. The van der Waals surface area contributed by atoms with Crippen LogP contribution in [-0.2, 0) is 9.84 Å². The summed E-state index contributed by atoms with van der Waals surface area (Å²) in [6.07, 6.45) is 0.533. The quantitative estimate of drug-likeness (QED) is 0.481. The van der Waals surface area contributed by atoms with Crippen LogP contribution in [-0.4, -0.2) is 36.6 Å². The van der Waals surface area contributed by atoms with Gasteiger partial charge in [-0.1, -0.05) is 18.2 Å². The van der Waals surface area contributed by atoms with Gasteiger partial charge in [0.25, 0.3) is 0 Å². The summed E-state index contributed by atoms with van der Waals surface area (Å²) < 4.78 is 26.1. The first-order chi connectivity index (χ1) is 13.4. The molecule has 0 aliphatic carbocycles. The van der Waals surface area contributed by atoms with E-state index in [1.165, 1.54) is 23.5 Å². The lowest BCUT2D eigenvalue weighted by molar-refractivity contribution is 0.292. The second-order valence-corrected chi connectivity index (χ2v) is 9.33. The van der Waals surface area contributed by atoms with Crippen molar-refractivity contribution < 1.29 is 13.5 Å². The van der Waals surface area contributed by atoms with Crippen LogP contribution in [0.1, 0.15) is 17.0 Å². The van der Waals surface area contributed by atoms with Crippen molar-refractivity contribution in [1.82, 2.24) is 9.97 Å². The van der Waals surface area contributed by atoms with Crippen LogP contribution in [0, 0.1) is 13.8 Å². The van der Waals surface area contributed by atoms with E-state index in [2.05, 4.69) is 20.6 Å². The number of hydrogen-bond donors (Lipinski definition) is 3. The molecule has 0 amide bonds. The Hall–Kier alpha value is -2.49. The van der Waals surface area contributed by atoms with E-state index in [9.17, 15) is 8.42 Å². The molecule has 7 nitrogen and oxygen atoms in total. The molecule has 2 heterocycles. The lowest BCUT2D eigenvalue weighted by atomic mass is 10.4. The van der Waals surface area contributed by atoms with Gasteiger partial charge in [0.2, 0.25) is 9.84 Å². The smallest absolute Gasteiger partial charge is 0.206 e. The fraction of sp³-hybridized carbons (Fsp3) is 0.263. The standard InChI is InChI=1S/C19H22N4O3S2/c1-13-14(2)27-19(21-13)23-18-12-16(11-17(22-18)20-9-6-10-24)28(25,26)15-7-4-3-5-8-15/h3-5,7-8,11-12,24H,6,9-10H2,1-2H3,(H2,20,21,22,23). The van der Waals surface area contributed by atoms with Crippen LogP contribution in [0.25, 0.3) is 0 Å². The number of anilines is 3. The maximum absolute atomic E-state index is 13.0. The number of rotatable bonds is 8. The van der Waals surface area contributed by atoms with E-state index in [-0.39, 0.29) is 16.4 Å². The van der Waals surface area contributed by atoms with Crippen LogP contribution in [0.4, 0.5) is 16.8 Å². The predicted octanol–water partition coefficient (Wildman–Crippen LogP) is 3.53. The average Bonchev–Trinajstić information content (AvgIpc) is 2.99. The van der Waals surface area contributed by atoms with Gasteiger partial charge in [0.1, 0.15) is 11.6 Å². The van der Waals surface area contributed by atoms with Gasteiger partial charge in [0.05, 0.1) is 15.5 Å². The molecular formula is C19H22N4O3S2. The second-order valence-electron chi connectivity index (χ2n) is 6.18. The van der Waals surface area contributed by atoms with Gasteiger partial charge in [-0.3, -0.25) is 0 Å². The summed E-state index contributed by atoms with van der Waals surface area (Å²) in [5, 5.41) is 15.8. The number of hydrogen-bond acceptors (Lipinski definition) is 8. The number of aromatic nitrogens is 2. The summed E-state index contributed by atoms with van der Waals surface area (Å²) >= 11 is 1.48. The summed E-state index contributed by atoms with van der Waals surface area (Å²) in [7, 11) is -3.70. The largest absolute Gasteiger partial charge is 0.396 e. The highest BCUT2D eigenvalue weighted by Gasteiger charge is 2.20. The number of pyridine rings is 1. The predicted molar refractivity (Wildman–Crippen MR) is 111 cm³/mol. The highest BCUT2D eigenvalue weighted by atomic mass is 32.2. The molecule has 2 aromatic heterocycles. The summed E-state index contributed by atoms with van der Waals surface area (Å²) in [4.78, 5) is 10.3. The first kappa shape index (κ1) is 20.2. The first-order valence-electron chi connectivity index (χ1n) is 8.78. The highest BCUT2D eigenvalue weighted by Crippen LogP contribution is 2.28. The van der Waals surface area contributed by atoms with E-state index in [0.717, 1.165) is 10.6 Å². The molecule has 1 aromatic carbocycles. The summed E-state index contributed by atoms with van der Waals surface area (Å²) in [6, 6.07) is 11.3. The van der Waals surface area contributed by atoms with Crippen LogP contribution in [0.3, 0.4) is 0 Å². The molecule has 0 aliphatic heterocycles. The van der Waals surface area contributed by atoms with Crippen molar-refractivity contribution in [2.24, 2.45) is 0 Å². The number of benzene rings is 1. The van der Waals surface area contributed by atoms with E-state index in [1.54, 1.807) is 30.3 Å². The van der Waals surface area contributed by atoms with Crippen molar-refractivity contribution in [2.75, 3.05) is 23.8 Å². The van der Waals surface area contributed by atoms with Gasteiger partial charge in [0.15, 0.2) is 5.13 Å².